The maximum Gasteiger partial charge on any atom is 0.216 e. The maximum absolute atomic E-state index is 15.9. The number of pyridine rings is 1. The Morgan fingerprint density at radius 2 is 1.16 bits per heavy atom. The van der Waals surface area contributed by atoms with Crippen molar-refractivity contribution in [3.05, 3.63) is 126 Å². The van der Waals surface area contributed by atoms with Crippen LogP contribution >= 0.6 is 0 Å². The van der Waals surface area contributed by atoms with Gasteiger partial charge in [-0.2, -0.15) is 0 Å². The van der Waals surface area contributed by atoms with Crippen LogP contribution in [-0.2, 0) is 7.05 Å². The summed E-state index contributed by atoms with van der Waals surface area (Å²) in [6.45, 7) is 6.53. The lowest BCUT2D eigenvalue weighted by atomic mass is 9.91. The summed E-state index contributed by atoms with van der Waals surface area (Å²) in [5, 5.41) is 8.94. The molecule has 0 amide bonds. The van der Waals surface area contributed by atoms with Gasteiger partial charge >= 0.3 is 0 Å². The van der Waals surface area contributed by atoms with Gasteiger partial charge in [-0.25, -0.2) is 8.96 Å². The van der Waals surface area contributed by atoms with Crippen LogP contribution in [0.3, 0.4) is 0 Å². The molecule has 3 heteroatoms. The van der Waals surface area contributed by atoms with E-state index in [1.54, 1.807) is 6.07 Å². The molecule has 2 nitrogen and oxygen atoms in total. The standard InChI is InChI=1S/C40H31FNO/c1-23(2)25-19-20-42(4)36(22-25)37-24(3)13-15-32-33-17-18-35(41)38(40(33)43-39(32)37)26-14-16-31-29-11-6-5-9-27(29)28-10-7-8-12-30(28)34(31)21-26/h5-23H,1-4H3/q+1. The maximum atomic E-state index is 15.9. The van der Waals surface area contributed by atoms with Gasteiger partial charge in [0.1, 0.15) is 24.0 Å². The molecule has 2 heterocycles. The van der Waals surface area contributed by atoms with Gasteiger partial charge in [0, 0.05) is 22.9 Å². The van der Waals surface area contributed by atoms with Gasteiger partial charge in [0.05, 0.1) is 11.1 Å². The van der Waals surface area contributed by atoms with E-state index in [2.05, 4.69) is 124 Å². The van der Waals surface area contributed by atoms with Crippen LogP contribution in [-0.4, -0.2) is 0 Å². The van der Waals surface area contributed by atoms with Crippen molar-refractivity contribution >= 4 is 54.3 Å². The third-order valence-electron chi connectivity index (χ3n) is 9.10. The summed E-state index contributed by atoms with van der Waals surface area (Å²) in [7, 11) is 2.06. The fourth-order valence-electron chi connectivity index (χ4n) is 6.82. The number of furan rings is 1. The Labute approximate surface area is 249 Å². The van der Waals surface area contributed by atoms with E-state index in [0.29, 0.717) is 17.1 Å². The molecule has 0 aliphatic rings. The number of fused-ring (bicyclic) bond motifs is 9. The quantitative estimate of drug-likeness (QED) is 0.155. The van der Waals surface area contributed by atoms with Gasteiger partial charge < -0.3 is 4.42 Å². The number of aromatic nitrogens is 1. The van der Waals surface area contributed by atoms with E-state index in [4.69, 9.17) is 4.42 Å². The zero-order valence-electron chi connectivity index (χ0n) is 24.7. The van der Waals surface area contributed by atoms with Crippen molar-refractivity contribution in [1.29, 1.82) is 0 Å². The Bertz CT molecular complexity index is 2380. The first kappa shape index (κ1) is 25.7. The molecule has 0 aliphatic heterocycles. The van der Waals surface area contributed by atoms with E-state index in [1.165, 1.54) is 21.7 Å². The Morgan fingerprint density at radius 1 is 0.605 bits per heavy atom. The second-order valence-electron chi connectivity index (χ2n) is 12.0. The molecule has 0 fully saturated rings. The van der Waals surface area contributed by atoms with Crippen LogP contribution in [0.2, 0.25) is 0 Å². The van der Waals surface area contributed by atoms with Crippen LogP contribution in [0.1, 0.15) is 30.9 Å². The van der Waals surface area contributed by atoms with Crippen LogP contribution in [0.25, 0.3) is 76.6 Å². The second-order valence-corrected chi connectivity index (χ2v) is 12.0. The normalized spacial score (nSPS) is 12.0. The van der Waals surface area contributed by atoms with Crippen molar-refractivity contribution in [2.45, 2.75) is 26.7 Å². The number of aryl methyl sites for hydroxylation is 2. The van der Waals surface area contributed by atoms with Crippen LogP contribution in [0.15, 0.2) is 114 Å². The molecule has 0 saturated heterocycles. The zero-order chi connectivity index (χ0) is 29.4. The molecule has 6 aromatic carbocycles. The summed E-state index contributed by atoms with van der Waals surface area (Å²) in [5.74, 6) is 0.110. The predicted molar refractivity (Wildman–Crippen MR) is 177 cm³/mol. The third-order valence-corrected chi connectivity index (χ3v) is 9.10. The lowest BCUT2D eigenvalue weighted by Crippen LogP contribution is -2.31. The van der Waals surface area contributed by atoms with E-state index in [9.17, 15) is 0 Å². The molecule has 0 saturated carbocycles. The Balaban J connectivity index is 1.43. The minimum atomic E-state index is -0.290. The fraction of sp³-hybridized carbons (Fsp3) is 0.125. The molecule has 0 spiro atoms. The van der Waals surface area contributed by atoms with Gasteiger partial charge in [0.2, 0.25) is 5.69 Å². The van der Waals surface area contributed by atoms with E-state index in [0.717, 1.165) is 54.9 Å². The molecule has 208 valence electrons. The molecule has 43 heavy (non-hydrogen) atoms. The number of benzene rings is 6. The molecule has 0 bridgehead atoms. The van der Waals surface area contributed by atoms with Crippen molar-refractivity contribution in [2.24, 2.45) is 7.05 Å². The monoisotopic (exact) mass is 560 g/mol. The summed E-state index contributed by atoms with van der Waals surface area (Å²) < 4.78 is 24.8. The van der Waals surface area contributed by atoms with E-state index < -0.39 is 0 Å². The summed E-state index contributed by atoms with van der Waals surface area (Å²) in [4.78, 5) is 0. The first-order valence-corrected chi connectivity index (χ1v) is 14.9. The van der Waals surface area contributed by atoms with E-state index in [1.807, 2.05) is 12.1 Å². The predicted octanol–water partition coefficient (Wildman–Crippen LogP) is 10.8. The fourth-order valence-corrected chi connectivity index (χ4v) is 6.82. The van der Waals surface area contributed by atoms with Gasteiger partial charge in [0.25, 0.3) is 0 Å². The average Bonchev–Trinajstić information content (AvgIpc) is 3.39. The van der Waals surface area contributed by atoms with Crippen LogP contribution in [0, 0.1) is 12.7 Å². The van der Waals surface area contributed by atoms with E-state index >= 15 is 4.39 Å². The van der Waals surface area contributed by atoms with Crippen LogP contribution < -0.4 is 4.57 Å². The lowest BCUT2D eigenvalue weighted by Gasteiger charge is -2.12. The molecule has 0 radical (unpaired) electrons. The third kappa shape index (κ3) is 3.81. The van der Waals surface area contributed by atoms with Gasteiger partial charge in [-0.3, -0.25) is 0 Å². The molecule has 0 unspecified atom stereocenters. The molecule has 0 N–H and O–H groups in total. The molecule has 0 aliphatic carbocycles. The van der Waals surface area contributed by atoms with Crippen molar-refractivity contribution in [1.82, 2.24) is 0 Å². The summed E-state index contributed by atoms with van der Waals surface area (Å²) in [6.07, 6.45) is 2.11. The number of hydrogen-bond donors (Lipinski definition) is 0. The van der Waals surface area contributed by atoms with Crippen molar-refractivity contribution in [2.75, 3.05) is 0 Å². The van der Waals surface area contributed by atoms with Gasteiger partial charge in [-0.15, -0.1) is 0 Å². The SMILES string of the molecule is Cc1ccc2c(oc3c(-c4ccc5c6ccccc6c6ccccc6c5c4)c(F)ccc32)c1-c1cc(C(C)C)cc[n+]1C. The van der Waals surface area contributed by atoms with Crippen LogP contribution in [0.4, 0.5) is 4.39 Å². The smallest absolute Gasteiger partial charge is 0.216 e. The molecular weight excluding hydrogens is 529 g/mol. The van der Waals surface area contributed by atoms with Gasteiger partial charge in [0.15, 0.2) is 6.20 Å². The number of hydrogen-bond acceptors (Lipinski definition) is 1. The Morgan fingerprint density at radius 3 is 1.81 bits per heavy atom. The highest BCUT2D eigenvalue weighted by atomic mass is 19.1. The number of rotatable bonds is 3. The van der Waals surface area contributed by atoms with Crippen LogP contribution in [0.5, 0.6) is 0 Å². The first-order chi connectivity index (χ1) is 20.9. The molecule has 2 aromatic heterocycles. The van der Waals surface area contributed by atoms with Crippen molar-refractivity contribution in [3.8, 4) is 22.4 Å². The van der Waals surface area contributed by atoms with Crippen molar-refractivity contribution in [3.63, 3.8) is 0 Å². The number of nitrogens with zero attached hydrogens (tertiary/aromatic N) is 1. The topological polar surface area (TPSA) is 17.0 Å². The Kier molecular flexibility index (Phi) is 5.67. The highest BCUT2D eigenvalue weighted by Crippen LogP contribution is 2.43. The summed E-state index contributed by atoms with van der Waals surface area (Å²) in [6, 6.07) is 35.4. The van der Waals surface area contributed by atoms with Crippen molar-refractivity contribution < 1.29 is 13.4 Å². The summed E-state index contributed by atoms with van der Waals surface area (Å²) in [5.41, 5.74) is 7.18. The first-order valence-electron chi connectivity index (χ1n) is 14.9. The summed E-state index contributed by atoms with van der Waals surface area (Å²) >= 11 is 0. The van der Waals surface area contributed by atoms with Gasteiger partial charge in [-0.1, -0.05) is 86.6 Å². The zero-order valence-corrected chi connectivity index (χ0v) is 24.7. The van der Waals surface area contributed by atoms with E-state index in [-0.39, 0.29) is 5.82 Å². The second kappa shape index (κ2) is 9.50. The molecule has 8 rings (SSSR count). The number of halogens is 1. The molecule has 8 aromatic rings. The molecular formula is C40H31FNO+. The Hall–Kier alpha value is -5.02. The minimum absolute atomic E-state index is 0.290. The lowest BCUT2D eigenvalue weighted by molar-refractivity contribution is -0.660. The largest absolute Gasteiger partial charge is 0.454 e. The minimum Gasteiger partial charge on any atom is -0.454 e. The highest BCUT2D eigenvalue weighted by Gasteiger charge is 2.24. The average molecular weight is 561 g/mol. The highest BCUT2D eigenvalue weighted by molar-refractivity contribution is 6.26. The van der Waals surface area contributed by atoms with Gasteiger partial charge in [-0.05, 0) is 80.0 Å². The molecule has 0 atom stereocenters.